The lowest BCUT2D eigenvalue weighted by atomic mass is 10.1. The van der Waals surface area contributed by atoms with Gasteiger partial charge in [0.25, 0.3) is 0 Å². The maximum absolute atomic E-state index is 12.4. The molecule has 0 N–H and O–H groups in total. The predicted molar refractivity (Wildman–Crippen MR) is 94.1 cm³/mol. The highest BCUT2D eigenvalue weighted by molar-refractivity contribution is 5.85. The molecule has 0 spiro atoms. The van der Waals surface area contributed by atoms with Crippen molar-refractivity contribution in [1.29, 1.82) is 0 Å². The van der Waals surface area contributed by atoms with Crippen LogP contribution in [-0.4, -0.2) is 46.5 Å². The number of imidazole rings is 1. The third kappa shape index (κ3) is 4.05. The Morgan fingerprint density at radius 3 is 2.57 bits per heavy atom. The van der Waals surface area contributed by atoms with Crippen molar-refractivity contribution < 1.29 is 4.79 Å². The summed E-state index contributed by atoms with van der Waals surface area (Å²) in [7, 11) is 2.00. The topological polar surface area (TPSA) is 41.4 Å². The summed E-state index contributed by atoms with van der Waals surface area (Å²) in [5, 5.41) is 0. The zero-order valence-electron chi connectivity index (χ0n) is 13.6. The van der Waals surface area contributed by atoms with Gasteiger partial charge in [-0.2, -0.15) is 0 Å². The van der Waals surface area contributed by atoms with E-state index in [0.29, 0.717) is 6.42 Å². The Morgan fingerprint density at radius 2 is 1.96 bits per heavy atom. The first-order valence-electron chi connectivity index (χ1n) is 7.69. The SMILES string of the molecule is Cc1cccc(CC(=O)N2CCN(c3nccn3C)CC2)c1.Cl. The van der Waals surface area contributed by atoms with Crippen molar-refractivity contribution in [2.24, 2.45) is 7.05 Å². The van der Waals surface area contributed by atoms with E-state index in [1.807, 2.05) is 41.0 Å². The second-order valence-electron chi connectivity index (χ2n) is 5.87. The summed E-state index contributed by atoms with van der Waals surface area (Å²) in [5.41, 5.74) is 2.29. The highest BCUT2D eigenvalue weighted by Gasteiger charge is 2.22. The van der Waals surface area contributed by atoms with E-state index in [-0.39, 0.29) is 18.3 Å². The number of benzene rings is 1. The molecule has 5 nitrogen and oxygen atoms in total. The van der Waals surface area contributed by atoms with Crippen LogP contribution in [0.5, 0.6) is 0 Å². The van der Waals surface area contributed by atoms with Crippen LogP contribution in [0.2, 0.25) is 0 Å². The number of carbonyl (C=O) groups is 1. The van der Waals surface area contributed by atoms with Crippen molar-refractivity contribution in [2.45, 2.75) is 13.3 Å². The summed E-state index contributed by atoms with van der Waals surface area (Å²) < 4.78 is 2.02. The van der Waals surface area contributed by atoms with Crippen LogP contribution in [0.15, 0.2) is 36.7 Å². The van der Waals surface area contributed by atoms with Gasteiger partial charge in [0.15, 0.2) is 0 Å². The number of halogens is 1. The number of aryl methyl sites for hydroxylation is 2. The van der Waals surface area contributed by atoms with Crippen LogP contribution in [0.3, 0.4) is 0 Å². The summed E-state index contributed by atoms with van der Waals surface area (Å²) in [6, 6.07) is 8.17. The number of piperazine rings is 1. The Balaban J connectivity index is 0.00000192. The molecule has 0 saturated carbocycles. The van der Waals surface area contributed by atoms with E-state index in [2.05, 4.69) is 28.9 Å². The Labute approximate surface area is 143 Å². The molecule has 1 fully saturated rings. The Hall–Kier alpha value is -2.01. The minimum atomic E-state index is 0. The molecule has 3 rings (SSSR count). The van der Waals surface area contributed by atoms with Gasteiger partial charge in [-0.25, -0.2) is 4.98 Å². The monoisotopic (exact) mass is 334 g/mol. The number of rotatable bonds is 3. The van der Waals surface area contributed by atoms with Gasteiger partial charge in [0.1, 0.15) is 0 Å². The van der Waals surface area contributed by atoms with E-state index in [1.165, 1.54) is 5.56 Å². The number of aromatic nitrogens is 2. The highest BCUT2D eigenvalue weighted by atomic mass is 35.5. The number of carbonyl (C=O) groups excluding carboxylic acids is 1. The highest BCUT2D eigenvalue weighted by Crippen LogP contribution is 2.14. The third-order valence-corrected chi connectivity index (χ3v) is 4.15. The molecular weight excluding hydrogens is 312 g/mol. The Kier molecular flexibility index (Phi) is 5.66. The van der Waals surface area contributed by atoms with Crippen molar-refractivity contribution >= 4 is 24.3 Å². The van der Waals surface area contributed by atoms with Crippen LogP contribution in [0.25, 0.3) is 0 Å². The van der Waals surface area contributed by atoms with E-state index < -0.39 is 0 Å². The molecule has 0 unspecified atom stereocenters. The zero-order chi connectivity index (χ0) is 15.5. The summed E-state index contributed by atoms with van der Waals surface area (Å²) in [5.74, 6) is 1.19. The minimum Gasteiger partial charge on any atom is -0.339 e. The predicted octanol–water partition coefficient (Wildman–Crippen LogP) is 2.04. The fourth-order valence-electron chi connectivity index (χ4n) is 2.93. The molecule has 0 radical (unpaired) electrons. The Morgan fingerprint density at radius 1 is 1.22 bits per heavy atom. The van der Waals surface area contributed by atoms with E-state index in [4.69, 9.17) is 0 Å². The number of nitrogens with zero attached hydrogens (tertiary/aromatic N) is 4. The molecule has 0 aliphatic carbocycles. The van der Waals surface area contributed by atoms with Crippen molar-refractivity contribution in [1.82, 2.24) is 14.5 Å². The van der Waals surface area contributed by atoms with Gasteiger partial charge in [0.2, 0.25) is 11.9 Å². The molecule has 1 aromatic carbocycles. The maximum atomic E-state index is 12.4. The average molecular weight is 335 g/mol. The van der Waals surface area contributed by atoms with Crippen LogP contribution in [0.1, 0.15) is 11.1 Å². The number of hydrogen-bond donors (Lipinski definition) is 0. The molecule has 1 amide bonds. The van der Waals surface area contributed by atoms with Gasteiger partial charge in [0.05, 0.1) is 6.42 Å². The fourth-order valence-corrected chi connectivity index (χ4v) is 2.93. The quantitative estimate of drug-likeness (QED) is 0.862. The standard InChI is InChI=1S/C17H22N4O.ClH/c1-14-4-3-5-15(12-14)13-16(22)20-8-10-21(11-9-20)17-18-6-7-19(17)2;/h3-7,12H,8-11,13H2,1-2H3;1H. The van der Waals surface area contributed by atoms with E-state index >= 15 is 0 Å². The second-order valence-corrected chi connectivity index (χ2v) is 5.87. The van der Waals surface area contributed by atoms with Crippen molar-refractivity contribution in [3.8, 4) is 0 Å². The number of hydrogen-bond acceptors (Lipinski definition) is 3. The summed E-state index contributed by atoms with van der Waals surface area (Å²) >= 11 is 0. The third-order valence-electron chi connectivity index (χ3n) is 4.15. The van der Waals surface area contributed by atoms with Crippen LogP contribution in [-0.2, 0) is 18.3 Å². The van der Waals surface area contributed by atoms with Crippen molar-refractivity contribution in [2.75, 3.05) is 31.1 Å². The molecule has 2 aromatic rings. The van der Waals surface area contributed by atoms with Gasteiger partial charge in [-0.15, -0.1) is 12.4 Å². The second kappa shape index (κ2) is 7.51. The lowest BCUT2D eigenvalue weighted by molar-refractivity contribution is -0.130. The summed E-state index contributed by atoms with van der Waals surface area (Å²) in [6.45, 7) is 5.25. The molecule has 1 aliphatic heterocycles. The normalized spacial score (nSPS) is 14.5. The fraction of sp³-hybridized carbons (Fsp3) is 0.412. The van der Waals surface area contributed by atoms with E-state index in [1.54, 1.807) is 0 Å². The van der Waals surface area contributed by atoms with Crippen molar-refractivity contribution in [3.63, 3.8) is 0 Å². The van der Waals surface area contributed by atoms with Crippen molar-refractivity contribution in [3.05, 3.63) is 47.8 Å². The number of anilines is 1. The average Bonchev–Trinajstić information content (AvgIpc) is 2.93. The van der Waals surface area contributed by atoms with Gasteiger partial charge >= 0.3 is 0 Å². The molecule has 23 heavy (non-hydrogen) atoms. The first-order chi connectivity index (χ1) is 10.6. The number of amides is 1. The molecule has 124 valence electrons. The first kappa shape index (κ1) is 17.3. The van der Waals surface area contributed by atoms with Crippen LogP contribution in [0, 0.1) is 6.92 Å². The van der Waals surface area contributed by atoms with Crippen LogP contribution >= 0.6 is 12.4 Å². The molecule has 2 heterocycles. The zero-order valence-corrected chi connectivity index (χ0v) is 14.4. The summed E-state index contributed by atoms with van der Waals surface area (Å²) in [4.78, 5) is 21.0. The molecule has 0 bridgehead atoms. The lowest BCUT2D eigenvalue weighted by Gasteiger charge is -2.35. The molecule has 0 atom stereocenters. The lowest BCUT2D eigenvalue weighted by Crippen LogP contribution is -2.49. The molecule has 6 heteroatoms. The van der Waals surface area contributed by atoms with Gasteiger partial charge < -0.3 is 14.4 Å². The molecule has 1 aromatic heterocycles. The van der Waals surface area contributed by atoms with Gasteiger partial charge in [-0.1, -0.05) is 29.8 Å². The molecular formula is C17H23ClN4O. The van der Waals surface area contributed by atoms with E-state index in [0.717, 1.165) is 37.7 Å². The van der Waals surface area contributed by atoms with E-state index in [9.17, 15) is 4.79 Å². The first-order valence-corrected chi connectivity index (χ1v) is 7.69. The Bertz CT molecular complexity index is 662. The maximum Gasteiger partial charge on any atom is 0.227 e. The van der Waals surface area contributed by atoms with Gasteiger partial charge in [-0.3, -0.25) is 4.79 Å². The minimum absolute atomic E-state index is 0. The largest absolute Gasteiger partial charge is 0.339 e. The van der Waals surface area contributed by atoms with Crippen LogP contribution < -0.4 is 4.90 Å². The van der Waals surface area contributed by atoms with Crippen LogP contribution in [0.4, 0.5) is 5.95 Å². The molecule has 1 saturated heterocycles. The van der Waals surface area contributed by atoms with Gasteiger partial charge in [-0.05, 0) is 12.5 Å². The smallest absolute Gasteiger partial charge is 0.227 e. The van der Waals surface area contributed by atoms with Gasteiger partial charge in [0, 0.05) is 45.6 Å². The summed E-state index contributed by atoms with van der Waals surface area (Å²) in [6.07, 6.45) is 4.25. The molecule has 1 aliphatic rings.